The van der Waals surface area contributed by atoms with E-state index in [4.69, 9.17) is 0 Å². The van der Waals surface area contributed by atoms with Gasteiger partial charge in [-0.1, -0.05) is 36.4 Å². The van der Waals surface area contributed by atoms with Gasteiger partial charge in [-0.05, 0) is 0 Å². The van der Waals surface area contributed by atoms with E-state index in [-0.39, 0.29) is 11.5 Å². The fraction of sp³-hybridized carbons (Fsp3) is 0.778. The van der Waals surface area contributed by atoms with Crippen molar-refractivity contribution >= 4 is 15.9 Å². The molecule has 1 fully saturated rings. The van der Waals surface area contributed by atoms with E-state index in [1.807, 2.05) is 0 Å². The molecule has 12 heavy (non-hydrogen) atoms. The number of nitrogens with zero attached hydrogens (tertiary/aromatic N) is 1. The van der Waals surface area contributed by atoms with Gasteiger partial charge in [-0.15, -0.1) is 0 Å². The molecule has 0 aromatic carbocycles. The highest BCUT2D eigenvalue weighted by Crippen LogP contribution is 2.29. The SMILES string of the molecule is C=C(Br)CN1CC(O)C(C)(C)C1. The first-order valence-electron chi connectivity index (χ1n) is 4.15. The van der Waals surface area contributed by atoms with Crippen LogP contribution >= 0.6 is 15.9 Å². The molecule has 1 aliphatic heterocycles. The van der Waals surface area contributed by atoms with Crippen molar-refractivity contribution in [3.05, 3.63) is 11.1 Å². The molecule has 1 aliphatic rings. The van der Waals surface area contributed by atoms with Gasteiger partial charge in [0.2, 0.25) is 0 Å². The molecule has 0 aromatic heterocycles. The van der Waals surface area contributed by atoms with Gasteiger partial charge in [-0.3, -0.25) is 4.90 Å². The van der Waals surface area contributed by atoms with Crippen LogP contribution in [0.15, 0.2) is 11.1 Å². The average Bonchev–Trinajstić information content (AvgIpc) is 2.04. The fourth-order valence-corrected chi connectivity index (χ4v) is 1.96. The van der Waals surface area contributed by atoms with Gasteiger partial charge in [-0.25, -0.2) is 0 Å². The van der Waals surface area contributed by atoms with Crippen LogP contribution in [0.2, 0.25) is 0 Å². The molecule has 70 valence electrons. The molecule has 0 aliphatic carbocycles. The van der Waals surface area contributed by atoms with Gasteiger partial charge in [-0.2, -0.15) is 0 Å². The van der Waals surface area contributed by atoms with Crippen molar-refractivity contribution in [2.45, 2.75) is 20.0 Å². The van der Waals surface area contributed by atoms with Crippen LogP contribution in [0.1, 0.15) is 13.8 Å². The first kappa shape index (κ1) is 10.2. The first-order chi connectivity index (χ1) is 5.42. The van der Waals surface area contributed by atoms with Crippen LogP contribution < -0.4 is 0 Å². The molecule has 1 saturated heterocycles. The van der Waals surface area contributed by atoms with Crippen molar-refractivity contribution in [2.24, 2.45) is 5.41 Å². The lowest BCUT2D eigenvalue weighted by molar-refractivity contribution is 0.0956. The Kier molecular flexibility index (Phi) is 2.97. The number of aliphatic hydroxyl groups excluding tert-OH is 1. The van der Waals surface area contributed by atoms with Crippen LogP contribution in [0.25, 0.3) is 0 Å². The van der Waals surface area contributed by atoms with Crippen molar-refractivity contribution in [3.8, 4) is 0 Å². The van der Waals surface area contributed by atoms with E-state index >= 15 is 0 Å². The minimum atomic E-state index is -0.204. The molecular formula is C9H16BrNO. The number of likely N-dealkylation sites (tertiary alicyclic amines) is 1. The van der Waals surface area contributed by atoms with Crippen LogP contribution in [-0.4, -0.2) is 35.7 Å². The van der Waals surface area contributed by atoms with E-state index in [1.165, 1.54) is 0 Å². The Hall–Kier alpha value is 0.140. The summed E-state index contributed by atoms with van der Waals surface area (Å²) in [4.78, 5) is 2.21. The lowest BCUT2D eigenvalue weighted by Crippen LogP contribution is -2.26. The summed E-state index contributed by atoms with van der Waals surface area (Å²) in [6, 6.07) is 0. The van der Waals surface area contributed by atoms with E-state index in [0.717, 1.165) is 24.1 Å². The highest BCUT2D eigenvalue weighted by atomic mass is 79.9. The zero-order valence-electron chi connectivity index (χ0n) is 7.68. The van der Waals surface area contributed by atoms with Crippen LogP contribution in [0.5, 0.6) is 0 Å². The summed E-state index contributed by atoms with van der Waals surface area (Å²) in [5.41, 5.74) is 0.0302. The van der Waals surface area contributed by atoms with Crippen molar-refractivity contribution < 1.29 is 5.11 Å². The number of β-amino-alcohol motifs (C(OH)–C–C–N with tert-alkyl or cyclic N) is 1. The van der Waals surface area contributed by atoms with Crippen molar-refractivity contribution in [2.75, 3.05) is 19.6 Å². The van der Waals surface area contributed by atoms with Crippen molar-refractivity contribution in [1.82, 2.24) is 4.90 Å². The summed E-state index contributed by atoms with van der Waals surface area (Å²) in [5, 5.41) is 9.65. The first-order valence-corrected chi connectivity index (χ1v) is 4.95. The highest BCUT2D eigenvalue weighted by molar-refractivity contribution is 9.11. The van der Waals surface area contributed by atoms with E-state index < -0.39 is 0 Å². The Morgan fingerprint density at radius 2 is 2.33 bits per heavy atom. The second-order valence-corrected chi connectivity index (χ2v) is 5.31. The highest BCUT2D eigenvalue weighted by Gasteiger charge is 2.37. The lowest BCUT2D eigenvalue weighted by Gasteiger charge is -2.20. The number of hydrogen-bond donors (Lipinski definition) is 1. The van der Waals surface area contributed by atoms with Gasteiger partial charge in [0.15, 0.2) is 0 Å². The molecule has 1 atom stereocenters. The molecule has 2 nitrogen and oxygen atoms in total. The van der Waals surface area contributed by atoms with Crippen molar-refractivity contribution in [3.63, 3.8) is 0 Å². The zero-order valence-corrected chi connectivity index (χ0v) is 9.26. The summed E-state index contributed by atoms with van der Waals surface area (Å²) < 4.78 is 0.979. The Morgan fingerprint density at radius 1 is 1.75 bits per heavy atom. The Labute approximate surface area is 82.4 Å². The fourth-order valence-electron chi connectivity index (χ4n) is 1.60. The maximum atomic E-state index is 9.65. The molecule has 1 N–H and O–H groups in total. The number of halogens is 1. The summed E-state index contributed by atoms with van der Waals surface area (Å²) in [6.45, 7) is 10.5. The largest absolute Gasteiger partial charge is 0.391 e. The molecule has 0 spiro atoms. The zero-order chi connectivity index (χ0) is 9.35. The number of aliphatic hydroxyl groups is 1. The Morgan fingerprint density at radius 3 is 2.67 bits per heavy atom. The molecule has 0 aromatic rings. The molecule has 3 heteroatoms. The molecule has 0 bridgehead atoms. The molecule has 0 amide bonds. The van der Waals surface area contributed by atoms with Crippen LogP contribution in [-0.2, 0) is 0 Å². The number of hydrogen-bond acceptors (Lipinski definition) is 2. The topological polar surface area (TPSA) is 23.5 Å². The normalized spacial score (nSPS) is 29.2. The third-order valence-corrected chi connectivity index (χ3v) is 2.61. The van der Waals surface area contributed by atoms with Crippen LogP contribution in [0.4, 0.5) is 0 Å². The summed E-state index contributed by atoms with van der Waals surface area (Å²) in [5.74, 6) is 0. The number of rotatable bonds is 2. The smallest absolute Gasteiger partial charge is 0.0730 e. The van der Waals surface area contributed by atoms with Gasteiger partial charge >= 0.3 is 0 Å². The second-order valence-electron chi connectivity index (χ2n) is 4.19. The lowest BCUT2D eigenvalue weighted by atomic mass is 9.90. The Balaban J connectivity index is 2.49. The minimum absolute atomic E-state index is 0.0302. The predicted molar refractivity (Wildman–Crippen MR) is 54.3 cm³/mol. The van der Waals surface area contributed by atoms with Gasteiger partial charge < -0.3 is 5.11 Å². The molecule has 1 rings (SSSR count). The van der Waals surface area contributed by atoms with E-state index in [9.17, 15) is 5.11 Å². The molecule has 1 heterocycles. The van der Waals surface area contributed by atoms with Crippen LogP contribution in [0.3, 0.4) is 0 Å². The summed E-state index contributed by atoms with van der Waals surface area (Å²) >= 11 is 3.32. The van der Waals surface area contributed by atoms with Gasteiger partial charge in [0.1, 0.15) is 0 Å². The second kappa shape index (κ2) is 3.48. The third-order valence-electron chi connectivity index (χ3n) is 2.36. The maximum Gasteiger partial charge on any atom is 0.0730 e. The minimum Gasteiger partial charge on any atom is -0.391 e. The van der Waals surface area contributed by atoms with Gasteiger partial charge in [0.25, 0.3) is 0 Å². The van der Waals surface area contributed by atoms with Gasteiger partial charge in [0, 0.05) is 29.5 Å². The average molecular weight is 234 g/mol. The van der Waals surface area contributed by atoms with E-state index in [1.54, 1.807) is 0 Å². The van der Waals surface area contributed by atoms with E-state index in [0.29, 0.717) is 0 Å². The summed E-state index contributed by atoms with van der Waals surface area (Å²) in [6.07, 6.45) is -0.204. The molecular weight excluding hydrogens is 218 g/mol. The standard InChI is InChI=1S/C9H16BrNO/c1-7(10)4-11-5-8(12)9(2,3)6-11/h8,12H,1,4-6H2,2-3H3. The monoisotopic (exact) mass is 233 g/mol. The molecule has 0 radical (unpaired) electrons. The molecule has 0 saturated carbocycles. The summed E-state index contributed by atoms with van der Waals surface area (Å²) in [7, 11) is 0. The predicted octanol–water partition coefficient (Wildman–Crippen LogP) is 1.60. The van der Waals surface area contributed by atoms with Crippen molar-refractivity contribution in [1.29, 1.82) is 0 Å². The van der Waals surface area contributed by atoms with E-state index in [2.05, 4.69) is 41.3 Å². The van der Waals surface area contributed by atoms with Gasteiger partial charge in [0.05, 0.1) is 6.10 Å². The third kappa shape index (κ3) is 2.31. The Bertz CT molecular complexity index is 191. The quantitative estimate of drug-likeness (QED) is 0.784. The molecule has 1 unspecified atom stereocenters. The maximum absolute atomic E-state index is 9.65. The van der Waals surface area contributed by atoms with Crippen LogP contribution in [0, 0.1) is 5.41 Å².